The first-order valence-electron chi connectivity index (χ1n) is 8.30. The van der Waals surface area contributed by atoms with E-state index in [1.807, 2.05) is 39.2 Å². The van der Waals surface area contributed by atoms with Gasteiger partial charge in [-0.05, 0) is 25.0 Å². The number of imidazole rings is 1. The number of amides is 2. The molecule has 0 bridgehead atoms. The van der Waals surface area contributed by atoms with Gasteiger partial charge in [0.2, 0.25) is 0 Å². The highest BCUT2D eigenvalue weighted by atomic mass is 32.1. The minimum atomic E-state index is -0.0466. The average Bonchev–Trinajstić information content (AvgIpc) is 3.27. The van der Waals surface area contributed by atoms with Crippen LogP contribution in [0.5, 0.6) is 0 Å². The average molecular weight is 344 g/mol. The summed E-state index contributed by atoms with van der Waals surface area (Å²) in [5.41, 5.74) is 0.875. The Labute approximate surface area is 144 Å². The molecule has 4 heterocycles. The fourth-order valence-corrected chi connectivity index (χ4v) is 3.98. The largest absolute Gasteiger partial charge is 0.467 e. The van der Waals surface area contributed by atoms with E-state index in [4.69, 9.17) is 4.42 Å². The van der Waals surface area contributed by atoms with E-state index in [1.54, 1.807) is 17.6 Å². The predicted molar refractivity (Wildman–Crippen MR) is 91.9 cm³/mol. The summed E-state index contributed by atoms with van der Waals surface area (Å²) in [4.78, 5) is 20.1. The minimum absolute atomic E-state index is 0.0213. The summed E-state index contributed by atoms with van der Waals surface area (Å²) >= 11 is 1.59. The van der Waals surface area contributed by atoms with Crippen LogP contribution in [0.3, 0.4) is 0 Å². The van der Waals surface area contributed by atoms with E-state index in [-0.39, 0.29) is 12.1 Å². The Morgan fingerprint density at radius 2 is 2.38 bits per heavy atom. The molecule has 3 aromatic heterocycles. The quantitative estimate of drug-likeness (QED) is 0.786. The molecule has 6 nitrogen and oxygen atoms in total. The van der Waals surface area contributed by atoms with Gasteiger partial charge in [0.05, 0.1) is 24.5 Å². The van der Waals surface area contributed by atoms with E-state index in [2.05, 4.69) is 10.3 Å². The third kappa shape index (κ3) is 3.03. The molecule has 1 aliphatic rings. The molecule has 1 saturated heterocycles. The van der Waals surface area contributed by atoms with Crippen molar-refractivity contribution < 1.29 is 9.21 Å². The van der Waals surface area contributed by atoms with Crippen LogP contribution in [0.15, 0.2) is 40.6 Å². The van der Waals surface area contributed by atoms with Crippen LogP contribution >= 0.6 is 11.3 Å². The summed E-state index contributed by atoms with van der Waals surface area (Å²) in [6, 6.07) is 3.82. The molecule has 2 amide bonds. The van der Waals surface area contributed by atoms with Crippen LogP contribution in [-0.2, 0) is 6.54 Å². The maximum atomic E-state index is 12.7. The van der Waals surface area contributed by atoms with Gasteiger partial charge in [0.25, 0.3) is 0 Å². The van der Waals surface area contributed by atoms with Crippen molar-refractivity contribution in [2.24, 2.45) is 0 Å². The second-order valence-corrected chi connectivity index (χ2v) is 6.93. The molecule has 0 saturated carbocycles. The first-order chi connectivity index (χ1) is 11.8. The van der Waals surface area contributed by atoms with Crippen LogP contribution in [0.2, 0.25) is 0 Å². The number of likely N-dealkylation sites (tertiary alicyclic amines) is 1. The number of carbonyl (C=O) groups is 1. The lowest BCUT2D eigenvalue weighted by molar-refractivity contribution is 0.166. The van der Waals surface area contributed by atoms with Gasteiger partial charge in [0, 0.05) is 24.3 Å². The lowest BCUT2D eigenvalue weighted by Gasteiger charge is -2.28. The van der Waals surface area contributed by atoms with Crippen LogP contribution in [-0.4, -0.2) is 26.9 Å². The number of nitrogens with one attached hydrogen (secondary N) is 1. The standard InChI is InChI=1S/C17H20N4O2S/c22-16(18-11-13-12-20-8-10-24-17(20)19-13)21-7-3-1-2-5-14(21)15-6-4-9-23-15/h4,6,8-10,12,14H,1-3,5,7,11H2,(H,18,22)/t14-/m0/s1. The summed E-state index contributed by atoms with van der Waals surface area (Å²) in [6.07, 6.45) is 9.85. The molecule has 0 unspecified atom stereocenters. The first-order valence-corrected chi connectivity index (χ1v) is 9.18. The van der Waals surface area contributed by atoms with Crippen molar-refractivity contribution in [3.8, 4) is 0 Å². The number of aromatic nitrogens is 2. The maximum Gasteiger partial charge on any atom is 0.318 e. The molecule has 4 rings (SSSR count). The third-order valence-corrected chi connectivity index (χ3v) is 5.22. The van der Waals surface area contributed by atoms with E-state index in [0.717, 1.165) is 48.6 Å². The van der Waals surface area contributed by atoms with Crippen LogP contribution < -0.4 is 5.32 Å². The molecule has 0 spiro atoms. The molecule has 126 valence electrons. The first kappa shape index (κ1) is 15.3. The van der Waals surface area contributed by atoms with Gasteiger partial charge in [0.15, 0.2) is 4.96 Å². The topological polar surface area (TPSA) is 62.8 Å². The van der Waals surface area contributed by atoms with E-state index >= 15 is 0 Å². The highest BCUT2D eigenvalue weighted by Crippen LogP contribution is 2.30. The van der Waals surface area contributed by atoms with Gasteiger partial charge in [0.1, 0.15) is 5.76 Å². The highest BCUT2D eigenvalue weighted by Gasteiger charge is 2.28. The number of urea groups is 1. The molecule has 1 fully saturated rings. The molecule has 0 aliphatic carbocycles. The Balaban J connectivity index is 1.45. The normalized spacial score (nSPS) is 18.7. The summed E-state index contributed by atoms with van der Waals surface area (Å²) < 4.78 is 7.54. The molecule has 1 atom stereocenters. The lowest BCUT2D eigenvalue weighted by Crippen LogP contribution is -2.41. The van der Waals surface area contributed by atoms with Crippen molar-refractivity contribution in [1.82, 2.24) is 19.6 Å². The van der Waals surface area contributed by atoms with E-state index in [9.17, 15) is 4.79 Å². The van der Waals surface area contributed by atoms with Crippen molar-refractivity contribution in [2.75, 3.05) is 6.54 Å². The lowest BCUT2D eigenvalue weighted by atomic mass is 10.1. The van der Waals surface area contributed by atoms with Crippen molar-refractivity contribution in [3.05, 3.63) is 47.6 Å². The number of hydrogen-bond donors (Lipinski definition) is 1. The van der Waals surface area contributed by atoms with Gasteiger partial charge in [-0.25, -0.2) is 9.78 Å². The predicted octanol–water partition coefficient (Wildman–Crippen LogP) is 3.82. The maximum absolute atomic E-state index is 12.7. The molecule has 1 N–H and O–H groups in total. The zero-order chi connectivity index (χ0) is 16.4. The van der Waals surface area contributed by atoms with Gasteiger partial charge in [-0.15, -0.1) is 11.3 Å². The van der Waals surface area contributed by atoms with Gasteiger partial charge < -0.3 is 14.6 Å². The smallest absolute Gasteiger partial charge is 0.318 e. The molecule has 0 aromatic carbocycles. The molecule has 24 heavy (non-hydrogen) atoms. The van der Waals surface area contributed by atoms with Gasteiger partial charge in [-0.3, -0.25) is 4.40 Å². The summed E-state index contributed by atoms with van der Waals surface area (Å²) in [5.74, 6) is 0.870. The Hall–Kier alpha value is -2.28. The van der Waals surface area contributed by atoms with Gasteiger partial charge >= 0.3 is 6.03 Å². The molecular formula is C17H20N4O2S. The molecular weight excluding hydrogens is 324 g/mol. The second kappa shape index (κ2) is 6.68. The van der Waals surface area contributed by atoms with Crippen molar-refractivity contribution in [1.29, 1.82) is 0 Å². The number of fused-ring (bicyclic) bond motifs is 1. The fourth-order valence-electron chi connectivity index (χ4n) is 3.26. The van der Waals surface area contributed by atoms with E-state index in [0.29, 0.717) is 6.54 Å². The number of thiazole rings is 1. The summed E-state index contributed by atoms with van der Waals surface area (Å²) in [7, 11) is 0. The number of rotatable bonds is 3. The van der Waals surface area contributed by atoms with Gasteiger partial charge in [-0.2, -0.15) is 0 Å². The Morgan fingerprint density at radius 1 is 1.42 bits per heavy atom. The highest BCUT2D eigenvalue weighted by molar-refractivity contribution is 7.15. The van der Waals surface area contributed by atoms with Gasteiger partial charge in [-0.1, -0.05) is 12.8 Å². The molecule has 1 aliphatic heterocycles. The number of nitrogens with zero attached hydrogens (tertiary/aromatic N) is 3. The van der Waals surface area contributed by atoms with Crippen molar-refractivity contribution >= 4 is 22.3 Å². The Kier molecular flexibility index (Phi) is 4.25. The SMILES string of the molecule is O=C(NCc1cn2ccsc2n1)N1CCCCC[C@H]1c1ccco1. The van der Waals surface area contributed by atoms with Crippen LogP contribution in [0, 0.1) is 0 Å². The van der Waals surface area contributed by atoms with Crippen molar-refractivity contribution in [3.63, 3.8) is 0 Å². The third-order valence-electron chi connectivity index (χ3n) is 4.45. The summed E-state index contributed by atoms with van der Waals surface area (Å²) in [6.45, 7) is 1.20. The zero-order valence-corrected chi connectivity index (χ0v) is 14.2. The van der Waals surface area contributed by atoms with E-state index in [1.165, 1.54) is 0 Å². The fraction of sp³-hybridized carbons (Fsp3) is 0.412. The Bertz CT molecular complexity index is 779. The minimum Gasteiger partial charge on any atom is -0.467 e. The second-order valence-electron chi connectivity index (χ2n) is 6.06. The van der Waals surface area contributed by atoms with Crippen LogP contribution in [0.1, 0.15) is 43.2 Å². The number of carbonyl (C=O) groups excluding carboxylic acids is 1. The van der Waals surface area contributed by atoms with E-state index < -0.39 is 0 Å². The number of furan rings is 1. The van der Waals surface area contributed by atoms with Crippen LogP contribution in [0.4, 0.5) is 4.79 Å². The molecule has 0 radical (unpaired) electrons. The zero-order valence-electron chi connectivity index (χ0n) is 13.4. The molecule has 7 heteroatoms. The van der Waals surface area contributed by atoms with Crippen molar-refractivity contribution in [2.45, 2.75) is 38.3 Å². The summed E-state index contributed by atoms with van der Waals surface area (Å²) in [5, 5.41) is 5.01. The Morgan fingerprint density at radius 3 is 3.21 bits per heavy atom. The molecule has 3 aromatic rings. The van der Waals surface area contributed by atoms with Crippen LogP contribution in [0.25, 0.3) is 4.96 Å². The number of hydrogen-bond acceptors (Lipinski definition) is 4. The monoisotopic (exact) mass is 344 g/mol.